The van der Waals surface area contributed by atoms with Crippen molar-refractivity contribution in [3.05, 3.63) is 155 Å². The quantitative estimate of drug-likeness (QED) is 0.227. The predicted octanol–water partition coefficient (Wildman–Crippen LogP) is 8.17. The molecule has 0 atom stereocenters. The van der Waals surface area contributed by atoms with E-state index in [1.54, 1.807) is 19.1 Å². The van der Waals surface area contributed by atoms with Gasteiger partial charge in [-0.1, -0.05) is 109 Å². The lowest BCUT2D eigenvalue weighted by atomic mass is 9.77. The number of hydrogen-bond donors (Lipinski definition) is 1. The van der Waals surface area contributed by atoms with Crippen molar-refractivity contribution in [2.45, 2.75) is 12.5 Å². The van der Waals surface area contributed by atoms with Crippen LogP contribution in [-0.2, 0) is 5.54 Å². The molecule has 0 aliphatic heterocycles. The number of benzene rings is 5. The number of anilines is 1. The normalized spacial score (nSPS) is 11.6. The summed E-state index contributed by atoms with van der Waals surface area (Å²) >= 11 is 0. The van der Waals surface area contributed by atoms with E-state index >= 15 is 0 Å². The Morgan fingerprint density at radius 1 is 0.667 bits per heavy atom. The van der Waals surface area contributed by atoms with Crippen molar-refractivity contribution in [1.29, 1.82) is 0 Å². The Balaban J connectivity index is 1.70. The smallest absolute Gasteiger partial charge is 0.166 e. The summed E-state index contributed by atoms with van der Waals surface area (Å²) in [7, 11) is 1.82. The molecule has 6 aromatic rings. The molecule has 39 heavy (non-hydrogen) atoms. The highest BCUT2D eigenvalue weighted by atomic mass is 19.2. The standard InChI is InChI=1S/C34H27F2N3/c1-23-18-20-28(32(36)31(23)35)24-19-21-30-29(22-24)33(37-2)38-39(30)34(25-12-6-3-7-13-25,26-14-8-4-9-15-26)27-16-10-5-11-17-27/h3-22H,1-2H3,(H,37,38). The number of hydrogen-bond acceptors (Lipinski definition) is 2. The molecule has 5 heteroatoms. The van der Waals surface area contributed by atoms with Crippen molar-refractivity contribution in [2.24, 2.45) is 0 Å². The number of aromatic nitrogens is 2. The van der Waals surface area contributed by atoms with Gasteiger partial charge in [0.1, 0.15) is 5.54 Å². The van der Waals surface area contributed by atoms with Gasteiger partial charge >= 0.3 is 0 Å². The van der Waals surface area contributed by atoms with E-state index in [4.69, 9.17) is 5.10 Å². The highest BCUT2D eigenvalue weighted by molar-refractivity contribution is 5.94. The number of nitrogens with one attached hydrogen (secondary N) is 1. The Hall–Kier alpha value is -4.77. The second-order valence-corrected chi connectivity index (χ2v) is 9.61. The predicted molar refractivity (Wildman–Crippen MR) is 154 cm³/mol. The minimum Gasteiger partial charge on any atom is -0.371 e. The fourth-order valence-corrected chi connectivity index (χ4v) is 5.50. The Labute approximate surface area is 226 Å². The number of rotatable bonds is 6. The van der Waals surface area contributed by atoms with Gasteiger partial charge in [0.15, 0.2) is 17.5 Å². The van der Waals surface area contributed by atoms with E-state index < -0.39 is 17.2 Å². The molecule has 1 heterocycles. The average molecular weight is 516 g/mol. The molecular formula is C34H27F2N3. The van der Waals surface area contributed by atoms with E-state index in [9.17, 15) is 8.78 Å². The second-order valence-electron chi connectivity index (χ2n) is 9.61. The maximum Gasteiger partial charge on any atom is 0.166 e. The van der Waals surface area contributed by atoms with Gasteiger partial charge in [-0.15, -0.1) is 0 Å². The van der Waals surface area contributed by atoms with E-state index in [0.717, 1.165) is 27.6 Å². The molecular weight excluding hydrogens is 488 g/mol. The second kappa shape index (κ2) is 9.84. The van der Waals surface area contributed by atoms with E-state index in [-0.39, 0.29) is 11.1 Å². The van der Waals surface area contributed by atoms with Crippen LogP contribution in [0.4, 0.5) is 14.6 Å². The van der Waals surface area contributed by atoms with Crippen LogP contribution in [-0.4, -0.2) is 16.8 Å². The Kier molecular flexibility index (Phi) is 6.20. The van der Waals surface area contributed by atoms with Crippen molar-refractivity contribution >= 4 is 16.7 Å². The lowest BCUT2D eigenvalue weighted by Crippen LogP contribution is -2.38. The molecule has 0 aliphatic rings. The monoisotopic (exact) mass is 515 g/mol. The van der Waals surface area contributed by atoms with Gasteiger partial charge in [0.2, 0.25) is 0 Å². The molecule has 0 fully saturated rings. The molecule has 0 spiro atoms. The molecule has 0 aliphatic carbocycles. The fourth-order valence-electron chi connectivity index (χ4n) is 5.50. The Bertz CT molecular complexity index is 1660. The zero-order chi connectivity index (χ0) is 27.0. The van der Waals surface area contributed by atoms with Gasteiger partial charge in [-0.05, 0) is 46.9 Å². The van der Waals surface area contributed by atoms with E-state index in [1.165, 1.54) is 0 Å². The lowest BCUT2D eigenvalue weighted by Gasteiger charge is -2.37. The Morgan fingerprint density at radius 2 is 1.21 bits per heavy atom. The highest BCUT2D eigenvalue weighted by Crippen LogP contribution is 2.44. The summed E-state index contributed by atoms with van der Waals surface area (Å²) < 4.78 is 31.5. The molecule has 0 saturated heterocycles. The van der Waals surface area contributed by atoms with Crippen molar-refractivity contribution in [2.75, 3.05) is 12.4 Å². The topological polar surface area (TPSA) is 29.9 Å². The van der Waals surface area contributed by atoms with Crippen molar-refractivity contribution in [3.63, 3.8) is 0 Å². The molecule has 5 aromatic carbocycles. The molecule has 192 valence electrons. The van der Waals surface area contributed by atoms with Crippen LogP contribution in [0.25, 0.3) is 22.0 Å². The largest absolute Gasteiger partial charge is 0.371 e. The van der Waals surface area contributed by atoms with Gasteiger partial charge in [0.25, 0.3) is 0 Å². The van der Waals surface area contributed by atoms with E-state index in [2.05, 4.69) is 41.7 Å². The van der Waals surface area contributed by atoms with Crippen LogP contribution < -0.4 is 5.32 Å². The van der Waals surface area contributed by atoms with Gasteiger partial charge < -0.3 is 5.32 Å². The number of aryl methyl sites for hydroxylation is 1. The molecule has 3 nitrogen and oxygen atoms in total. The van der Waals surface area contributed by atoms with Crippen molar-refractivity contribution in [3.8, 4) is 11.1 Å². The summed E-state index contributed by atoms with van der Waals surface area (Å²) in [5.74, 6) is -1.03. The summed E-state index contributed by atoms with van der Waals surface area (Å²) in [4.78, 5) is 0. The van der Waals surface area contributed by atoms with Crippen LogP contribution in [0.1, 0.15) is 22.3 Å². The molecule has 0 saturated carbocycles. The molecule has 1 aromatic heterocycles. The highest BCUT2D eigenvalue weighted by Gasteiger charge is 2.40. The van der Waals surface area contributed by atoms with Gasteiger partial charge in [-0.25, -0.2) is 13.5 Å². The van der Waals surface area contributed by atoms with Crippen LogP contribution in [0.15, 0.2) is 121 Å². The number of nitrogens with zero attached hydrogens (tertiary/aromatic N) is 2. The SMILES string of the molecule is CNc1nn(C(c2ccccc2)(c2ccccc2)c2ccccc2)c2ccc(-c3ccc(C)c(F)c3F)cc12. The van der Waals surface area contributed by atoms with Gasteiger partial charge in [0.05, 0.1) is 5.52 Å². The minimum absolute atomic E-state index is 0.218. The summed E-state index contributed by atoms with van der Waals surface area (Å²) in [5, 5.41) is 9.17. The van der Waals surface area contributed by atoms with Gasteiger partial charge in [0, 0.05) is 18.0 Å². The van der Waals surface area contributed by atoms with E-state index in [0.29, 0.717) is 11.4 Å². The third kappa shape index (κ3) is 3.89. The molecule has 0 radical (unpaired) electrons. The zero-order valence-corrected chi connectivity index (χ0v) is 21.7. The van der Waals surface area contributed by atoms with Crippen LogP contribution in [0, 0.1) is 18.6 Å². The van der Waals surface area contributed by atoms with Crippen LogP contribution in [0.5, 0.6) is 0 Å². The Morgan fingerprint density at radius 3 is 1.72 bits per heavy atom. The first kappa shape index (κ1) is 24.6. The molecule has 0 amide bonds. The van der Waals surface area contributed by atoms with Gasteiger partial charge in [-0.3, -0.25) is 0 Å². The number of fused-ring (bicyclic) bond motifs is 1. The van der Waals surface area contributed by atoms with Gasteiger partial charge in [-0.2, -0.15) is 5.10 Å². The third-order valence-electron chi connectivity index (χ3n) is 7.40. The first-order chi connectivity index (χ1) is 19.1. The molecule has 1 N–H and O–H groups in total. The maximum absolute atomic E-state index is 15.0. The first-order valence-electron chi connectivity index (χ1n) is 12.9. The summed E-state index contributed by atoms with van der Waals surface area (Å²) in [5.41, 5.74) is 4.27. The number of halogens is 2. The third-order valence-corrected chi connectivity index (χ3v) is 7.40. The summed E-state index contributed by atoms with van der Waals surface area (Å²) in [6.45, 7) is 1.56. The zero-order valence-electron chi connectivity index (χ0n) is 21.7. The van der Waals surface area contributed by atoms with E-state index in [1.807, 2.05) is 84.5 Å². The van der Waals surface area contributed by atoms with Crippen molar-refractivity contribution in [1.82, 2.24) is 9.78 Å². The molecule has 6 rings (SSSR count). The molecule has 0 unspecified atom stereocenters. The minimum atomic E-state index is -0.847. The fraction of sp³-hybridized carbons (Fsp3) is 0.0882. The van der Waals surface area contributed by atoms with Crippen molar-refractivity contribution < 1.29 is 8.78 Å². The maximum atomic E-state index is 15.0. The average Bonchev–Trinajstić information content (AvgIpc) is 3.36. The van der Waals surface area contributed by atoms with Crippen LogP contribution >= 0.6 is 0 Å². The first-order valence-corrected chi connectivity index (χ1v) is 12.9. The van der Waals surface area contributed by atoms with Crippen LogP contribution in [0.2, 0.25) is 0 Å². The summed E-state index contributed by atoms with van der Waals surface area (Å²) in [6, 6.07) is 39.8. The van der Waals surface area contributed by atoms with Crippen LogP contribution in [0.3, 0.4) is 0 Å². The lowest BCUT2D eigenvalue weighted by molar-refractivity contribution is 0.477. The summed E-state index contributed by atoms with van der Waals surface area (Å²) in [6.07, 6.45) is 0. The molecule has 0 bridgehead atoms.